The first-order valence-electron chi connectivity index (χ1n) is 21.8. The van der Waals surface area contributed by atoms with Crippen LogP contribution < -0.4 is 0 Å². The van der Waals surface area contributed by atoms with Gasteiger partial charge in [-0.3, -0.25) is 44.9 Å². The zero-order chi connectivity index (χ0) is 46.2. The molecule has 0 atom stereocenters. The Hall–Kier alpha value is -7.91. The van der Waals surface area contributed by atoms with E-state index in [9.17, 15) is 0 Å². The summed E-state index contributed by atoms with van der Waals surface area (Å²) in [7, 11) is 0. The smallest absolute Gasteiger partial charge is 0.0892 e. The molecule has 67 heavy (non-hydrogen) atoms. The molecule has 0 aromatic carbocycles. The number of aryl methyl sites for hydroxylation is 3. The Morgan fingerprint density at radius 1 is 0.284 bits per heavy atom. The summed E-state index contributed by atoms with van der Waals surface area (Å²) in [4.78, 5) is 38.4. The van der Waals surface area contributed by atoms with Crippen molar-refractivity contribution in [2.75, 3.05) is 0 Å². The molecule has 0 unspecified atom stereocenters. The molecule has 9 nitrogen and oxygen atoms in total. The van der Waals surface area contributed by atoms with Gasteiger partial charge in [-0.1, -0.05) is 56.7 Å². The fraction of sp³-hybridized carbons (Fsp3) is 0.105. The average Bonchev–Trinajstić information content (AvgIpc) is 3.36. The maximum absolute atomic E-state index is 4.40. The van der Waals surface area contributed by atoms with Crippen molar-refractivity contribution >= 4 is 36.5 Å². The molecule has 0 bridgehead atoms. The zero-order valence-electron chi connectivity index (χ0n) is 38.4. The normalized spacial score (nSPS) is 10.5. The summed E-state index contributed by atoms with van der Waals surface area (Å²) >= 11 is 0. The molecule has 0 aliphatic heterocycles. The second-order valence-corrected chi connectivity index (χ2v) is 15.1. The fourth-order valence-corrected chi connectivity index (χ4v) is 6.10. The molecule has 10 heteroatoms. The van der Waals surface area contributed by atoms with Crippen molar-refractivity contribution < 1.29 is 17.1 Å². The van der Waals surface area contributed by atoms with Crippen LogP contribution in [0.15, 0.2) is 184 Å². The summed E-state index contributed by atoms with van der Waals surface area (Å²) in [5, 5.41) is 0. The van der Waals surface area contributed by atoms with Crippen LogP contribution in [0.5, 0.6) is 0 Å². The average molecular weight is 920 g/mol. The number of nitrogens with zero attached hydrogens (tertiary/aromatic N) is 9. The van der Waals surface area contributed by atoms with Crippen LogP contribution in [0.25, 0.3) is 70.6 Å². The van der Waals surface area contributed by atoms with Crippen LogP contribution in [0.3, 0.4) is 0 Å². The Bertz CT molecular complexity index is 2640. The Labute approximate surface area is 405 Å². The molecular formula is C57H53FeN9. The van der Waals surface area contributed by atoms with Crippen molar-refractivity contribution in [2.45, 2.75) is 41.0 Å². The molecule has 0 spiro atoms. The van der Waals surface area contributed by atoms with Crippen LogP contribution in [0.2, 0.25) is 0 Å². The molecule has 0 saturated heterocycles. The Morgan fingerprint density at radius 2 is 0.478 bits per heavy atom. The number of hydrogen-bond donors (Lipinski definition) is 0. The second-order valence-electron chi connectivity index (χ2n) is 15.1. The number of aromatic nitrogens is 9. The van der Waals surface area contributed by atoms with E-state index in [-0.39, 0.29) is 17.1 Å². The summed E-state index contributed by atoms with van der Waals surface area (Å²) in [5.41, 5.74) is 15.5. The van der Waals surface area contributed by atoms with E-state index in [2.05, 4.69) is 116 Å². The number of pyridine rings is 9. The van der Waals surface area contributed by atoms with Gasteiger partial charge in [-0.05, 0) is 180 Å². The summed E-state index contributed by atoms with van der Waals surface area (Å²) < 4.78 is 0. The third-order valence-electron chi connectivity index (χ3n) is 9.41. The van der Waals surface area contributed by atoms with E-state index in [1.807, 2.05) is 146 Å². The standard InChI is InChI=1S/3C18H15N3.C3H8.Fe/c3*1-14-4-10-20-17(12-14)18-13-16(7-11-21-18)3-2-15-5-8-19-9-6-15;1-3-2;/h3*2-13H,1H3;3H2,1-2H3;/b3*3-2+;;. The monoisotopic (exact) mass is 919 g/mol. The van der Waals surface area contributed by atoms with Crippen LogP contribution >= 0.6 is 0 Å². The molecule has 9 aromatic rings. The van der Waals surface area contributed by atoms with Gasteiger partial charge in [-0.25, -0.2) is 0 Å². The van der Waals surface area contributed by atoms with Crippen LogP contribution in [0.1, 0.15) is 70.3 Å². The first-order valence-corrected chi connectivity index (χ1v) is 21.8. The maximum Gasteiger partial charge on any atom is 0.0892 e. The van der Waals surface area contributed by atoms with Crippen molar-refractivity contribution in [1.29, 1.82) is 0 Å². The van der Waals surface area contributed by atoms with E-state index in [1.165, 1.54) is 23.1 Å². The molecule has 0 saturated carbocycles. The van der Waals surface area contributed by atoms with Gasteiger partial charge in [0.2, 0.25) is 0 Å². The number of rotatable bonds is 9. The molecule has 0 N–H and O–H groups in total. The molecule has 9 heterocycles. The van der Waals surface area contributed by atoms with E-state index in [1.54, 1.807) is 37.2 Å². The number of hydrogen-bond acceptors (Lipinski definition) is 9. The summed E-state index contributed by atoms with van der Waals surface area (Å²) in [6.07, 6.45) is 35.2. The zero-order valence-corrected chi connectivity index (χ0v) is 39.5. The molecule has 0 fully saturated rings. The quantitative estimate of drug-likeness (QED) is 0.130. The second kappa shape index (κ2) is 27.4. The van der Waals surface area contributed by atoms with Gasteiger partial charge in [0.15, 0.2) is 0 Å². The largest absolute Gasteiger partial charge is 0.265 e. The minimum atomic E-state index is 0. The molecule has 0 aliphatic rings. The Morgan fingerprint density at radius 3 is 0.716 bits per heavy atom. The van der Waals surface area contributed by atoms with E-state index in [0.29, 0.717) is 0 Å². The molecular weight excluding hydrogens is 867 g/mol. The van der Waals surface area contributed by atoms with Crippen molar-refractivity contribution in [2.24, 2.45) is 0 Å². The third-order valence-corrected chi connectivity index (χ3v) is 9.41. The Kier molecular flexibility index (Phi) is 20.5. The van der Waals surface area contributed by atoms with Crippen LogP contribution in [0, 0.1) is 20.8 Å². The van der Waals surface area contributed by atoms with E-state index in [0.717, 1.165) is 67.5 Å². The van der Waals surface area contributed by atoms with Gasteiger partial charge in [0, 0.05) is 91.4 Å². The topological polar surface area (TPSA) is 116 Å². The van der Waals surface area contributed by atoms with Crippen molar-refractivity contribution in [3.8, 4) is 34.2 Å². The third kappa shape index (κ3) is 17.2. The predicted octanol–water partition coefficient (Wildman–Crippen LogP) is 13.5. The van der Waals surface area contributed by atoms with Crippen LogP contribution in [-0.4, -0.2) is 44.9 Å². The van der Waals surface area contributed by atoms with E-state index in [4.69, 9.17) is 0 Å². The van der Waals surface area contributed by atoms with Crippen LogP contribution in [-0.2, 0) is 17.1 Å². The molecule has 334 valence electrons. The van der Waals surface area contributed by atoms with Gasteiger partial charge in [0.05, 0.1) is 34.2 Å². The molecule has 0 radical (unpaired) electrons. The maximum atomic E-state index is 4.40. The van der Waals surface area contributed by atoms with Crippen molar-refractivity contribution in [1.82, 2.24) is 44.9 Å². The fourth-order valence-electron chi connectivity index (χ4n) is 6.10. The van der Waals surface area contributed by atoms with Crippen molar-refractivity contribution in [3.05, 3.63) is 234 Å². The van der Waals surface area contributed by atoms with Gasteiger partial charge in [0.1, 0.15) is 0 Å². The molecule has 9 rings (SSSR count). The van der Waals surface area contributed by atoms with Gasteiger partial charge in [0.25, 0.3) is 0 Å². The molecule has 0 amide bonds. The van der Waals surface area contributed by atoms with Gasteiger partial charge in [-0.2, -0.15) is 0 Å². The summed E-state index contributed by atoms with van der Waals surface area (Å²) in [6.45, 7) is 10.4. The van der Waals surface area contributed by atoms with Crippen LogP contribution in [0.4, 0.5) is 0 Å². The van der Waals surface area contributed by atoms with Crippen molar-refractivity contribution in [3.63, 3.8) is 0 Å². The molecule has 0 aliphatic carbocycles. The minimum Gasteiger partial charge on any atom is -0.265 e. The Balaban J connectivity index is 0.000000181. The van der Waals surface area contributed by atoms with Gasteiger partial charge in [-0.15, -0.1) is 0 Å². The first kappa shape index (κ1) is 50.1. The summed E-state index contributed by atoms with van der Waals surface area (Å²) in [6, 6.07) is 36.0. The minimum absolute atomic E-state index is 0. The first-order chi connectivity index (χ1) is 32.3. The van der Waals surface area contributed by atoms with Gasteiger partial charge >= 0.3 is 0 Å². The predicted molar refractivity (Wildman–Crippen MR) is 272 cm³/mol. The summed E-state index contributed by atoms with van der Waals surface area (Å²) in [5.74, 6) is 0. The molecule has 9 aromatic heterocycles. The van der Waals surface area contributed by atoms with Gasteiger partial charge < -0.3 is 0 Å². The SMILES string of the molecule is CCC.Cc1ccnc(-c2cc(/C=C/c3ccncc3)ccn2)c1.Cc1ccnc(-c2cc(/C=C/c3ccncc3)ccn2)c1.Cc1ccnc(-c2cc(/C=C/c3ccncc3)ccn2)c1.[Fe]. The van der Waals surface area contributed by atoms with E-state index < -0.39 is 0 Å². The van der Waals surface area contributed by atoms with E-state index >= 15 is 0 Å².